The van der Waals surface area contributed by atoms with Gasteiger partial charge in [-0.05, 0) is 12.8 Å². The minimum Gasteiger partial charge on any atom is -0.372 e. The Labute approximate surface area is 80.6 Å². The van der Waals surface area contributed by atoms with Gasteiger partial charge in [0.25, 0.3) is 0 Å². The van der Waals surface area contributed by atoms with Gasteiger partial charge in [-0.1, -0.05) is 20.3 Å². The quantitative estimate of drug-likeness (QED) is 0.671. The summed E-state index contributed by atoms with van der Waals surface area (Å²) in [5.41, 5.74) is 0. The first-order chi connectivity index (χ1) is 6.33. The predicted molar refractivity (Wildman–Crippen MR) is 51.8 cm³/mol. The molecule has 0 aromatic carbocycles. The van der Waals surface area contributed by atoms with Crippen molar-refractivity contribution >= 4 is 0 Å². The zero-order valence-corrected chi connectivity index (χ0v) is 8.66. The molecule has 76 valence electrons. The van der Waals surface area contributed by atoms with Crippen molar-refractivity contribution in [2.24, 2.45) is 0 Å². The third kappa shape index (κ3) is 1.89. The lowest BCUT2D eigenvalue weighted by Crippen LogP contribution is -2.13. The molecule has 0 bridgehead atoms. The first-order valence-corrected chi connectivity index (χ1v) is 5.64. The van der Waals surface area contributed by atoms with Crippen LogP contribution in [0, 0.1) is 0 Å². The van der Waals surface area contributed by atoms with Crippen molar-refractivity contribution in [1.29, 1.82) is 0 Å². The van der Waals surface area contributed by atoms with E-state index in [0.717, 1.165) is 19.3 Å². The van der Waals surface area contributed by atoms with Gasteiger partial charge in [0.15, 0.2) is 0 Å². The third-order valence-corrected chi connectivity index (χ3v) is 3.21. The van der Waals surface area contributed by atoms with Crippen molar-refractivity contribution in [3.8, 4) is 0 Å². The maximum Gasteiger partial charge on any atom is 0.0866 e. The number of fused-ring (bicyclic) bond motifs is 1. The maximum atomic E-state index is 5.93. The first-order valence-electron chi connectivity index (χ1n) is 5.64. The molecule has 0 saturated carbocycles. The molecule has 2 rings (SSSR count). The molecule has 0 spiro atoms. The van der Waals surface area contributed by atoms with E-state index in [1.807, 2.05) is 0 Å². The second kappa shape index (κ2) is 3.97. The highest BCUT2D eigenvalue weighted by atomic mass is 16.6. The van der Waals surface area contributed by atoms with Crippen LogP contribution in [0.2, 0.25) is 0 Å². The van der Waals surface area contributed by atoms with Crippen LogP contribution in [-0.2, 0) is 9.47 Å². The van der Waals surface area contributed by atoms with Gasteiger partial charge < -0.3 is 9.47 Å². The fourth-order valence-electron chi connectivity index (χ4n) is 2.48. The summed E-state index contributed by atoms with van der Waals surface area (Å²) in [6, 6.07) is 0. The molecule has 13 heavy (non-hydrogen) atoms. The van der Waals surface area contributed by atoms with Crippen molar-refractivity contribution < 1.29 is 9.47 Å². The molecule has 2 heterocycles. The maximum absolute atomic E-state index is 5.93. The molecule has 2 aliphatic heterocycles. The van der Waals surface area contributed by atoms with Gasteiger partial charge in [-0.3, -0.25) is 0 Å². The van der Waals surface area contributed by atoms with E-state index in [1.54, 1.807) is 0 Å². The van der Waals surface area contributed by atoms with E-state index in [4.69, 9.17) is 9.47 Å². The topological polar surface area (TPSA) is 18.5 Å². The lowest BCUT2D eigenvalue weighted by atomic mass is 10.1. The Morgan fingerprint density at radius 3 is 2.23 bits per heavy atom. The summed E-state index contributed by atoms with van der Waals surface area (Å²) in [6.07, 6.45) is 7.61. The summed E-state index contributed by atoms with van der Waals surface area (Å²) >= 11 is 0. The summed E-state index contributed by atoms with van der Waals surface area (Å²) in [7, 11) is 0. The molecule has 0 amide bonds. The fraction of sp³-hybridized carbons (Fsp3) is 1.00. The monoisotopic (exact) mass is 184 g/mol. The Morgan fingerprint density at radius 1 is 1.00 bits per heavy atom. The smallest absolute Gasteiger partial charge is 0.0866 e. The van der Waals surface area contributed by atoms with E-state index in [9.17, 15) is 0 Å². The number of hydrogen-bond donors (Lipinski definition) is 0. The third-order valence-electron chi connectivity index (χ3n) is 3.21. The minimum atomic E-state index is 0.418. The Kier molecular flexibility index (Phi) is 2.89. The SMILES string of the molecule is CCCC1CC2OC(CC)CC2O1. The van der Waals surface area contributed by atoms with E-state index in [0.29, 0.717) is 24.4 Å². The van der Waals surface area contributed by atoms with Crippen LogP contribution in [0.3, 0.4) is 0 Å². The normalized spacial score (nSPS) is 43.8. The molecule has 2 saturated heterocycles. The highest BCUT2D eigenvalue weighted by molar-refractivity contribution is 4.90. The van der Waals surface area contributed by atoms with Crippen LogP contribution in [0.5, 0.6) is 0 Å². The summed E-state index contributed by atoms with van der Waals surface area (Å²) in [5.74, 6) is 0. The van der Waals surface area contributed by atoms with E-state index < -0.39 is 0 Å². The summed E-state index contributed by atoms with van der Waals surface area (Å²) in [4.78, 5) is 0. The predicted octanol–water partition coefficient (Wildman–Crippen LogP) is 2.51. The molecular formula is C11H20O2. The number of ether oxygens (including phenoxy) is 2. The van der Waals surface area contributed by atoms with Gasteiger partial charge in [0.05, 0.1) is 24.4 Å². The van der Waals surface area contributed by atoms with Gasteiger partial charge in [-0.15, -0.1) is 0 Å². The van der Waals surface area contributed by atoms with Crippen LogP contribution in [-0.4, -0.2) is 24.4 Å². The van der Waals surface area contributed by atoms with Gasteiger partial charge in [-0.2, -0.15) is 0 Å². The standard InChI is InChI=1S/C11H20O2/c1-3-5-9-7-11-10(13-9)6-8(4-2)12-11/h8-11H,3-7H2,1-2H3. The first kappa shape index (κ1) is 9.47. The van der Waals surface area contributed by atoms with Gasteiger partial charge in [0.2, 0.25) is 0 Å². The van der Waals surface area contributed by atoms with Crippen LogP contribution in [0.25, 0.3) is 0 Å². The van der Waals surface area contributed by atoms with E-state index in [2.05, 4.69) is 13.8 Å². The van der Waals surface area contributed by atoms with Crippen molar-refractivity contribution in [2.75, 3.05) is 0 Å². The second-order valence-corrected chi connectivity index (χ2v) is 4.26. The Morgan fingerprint density at radius 2 is 1.62 bits per heavy atom. The number of rotatable bonds is 3. The number of hydrogen-bond acceptors (Lipinski definition) is 2. The van der Waals surface area contributed by atoms with Gasteiger partial charge >= 0.3 is 0 Å². The largest absolute Gasteiger partial charge is 0.372 e. The lowest BCUT2D eigenvalue weighted by molar-refractivity contribution is 0.0315. The van der Waals surface area contributed by atoms with Crippen LogP contribution in [0.4, 0.5) is 0 Å². The van der Waals surface area contributed by atoms with Crippen LogP contribution < -0.4 is 0 Å². The molecule has 0 aromatic rings. The summed E-state index contributed by atoms with van der Waals surface area (Å²) < 4.78 is 11.8. The average Bonchev–Trinajstić information content (AvgIpc) is 2.61. The summed E-state index contributed by atoms with van der Waals surface area (Å²) in [6.45, 7) is 4.41. The van der Waals surface area contributed by atoms with Crippen molar-refractivity contribution in [3.63, 3.8) is 0 Å². The lowest BCUT2D eigenvalue weighted by Gasteiger charge is -2.13. The molecule has 4 atom stereocenters. The average molecular weight is 184 g/mol. The van der Waals surface area contributed by atoms with Crippen molar-refractivity contribution in [2.45, 2.75) is 70.4 Å². The van der Waals surface area contributed by atoms with Gasteiger partial charge in [-0.25, -0.2) is 0 Å². The molecule has 0 aromatic heterocycles. The molecule has 2 aliphatic rings. The molecular weight excluding hydrogens is 164 g/mol. The van der Waals surface area contributed by atoms with Crippen molar-refractivity contribution in [1.82, 2.24) is 0 Å². The van der Waals surface area contributed by atoms with Gasteiger partial charge in [0, 0.05) is 12.8 Å². The fourth-order valence-corrected chi connectivity index (χ4v) is 2.48. The Bertz CT molecular complexity index is 155. The molecule has 0 N–H and O–H groups in total. The van der Waals surface area contributed by atoms with Crippen LogP contribution >= 0.6 is 0 Å². The van der Waals surface area contributed by atoms with E-state index >= 15 is 0 Å². The highest BCUT2D eigenvalue weighted by Crippen LogP contribution is 2.36. The minimum absolute atomic E-state index is 0.418. The second-order valence-electron chi connectivity index (χ2n) is 4.26. The molecule has 2 heteroatoms. The van der Waals surface area contributed by atoms with E-state index in [1.165, 1.54) is 12.8 Å². The summed E-state index contributed by atoms with van der Waals surface area (Å²) in [5, 5.41) is 0. The molecule has 0 radical (unpaired) electrons. The Hall–Kier alpha value is -0.0800. The molecule has 4 unspecified atom stereocenters. The highest BCUT2D eigenvalue weighted by Gasteiger charge is 2.42. The molecule has 2 nitrogen and oxygen atoms in total. The van der Waals surface area contributed by atoms with Crippen molar-refractivity contribution in [3.05, 3.63) is 0 Å². The zero-order chi connectivity index (χ0) is 9.26. The van der Waals surface area contributed by atoms with Gasteiger partial charge in [0.1, 0.15) is 0 Å². The zero-order valence-electron chi connectivity index (χ0n) is 8.66. The Balaban J connectivity index is 1.82. The molecule has 2 fully saturated rings. The van der Waals surface area contributed by atoms with E-state index in [-0.39, 0.29) is 0 Å². The van der Waals surface area contributed by atoms with Crippen LogP contribution in [0.1, 0.15) is 46.0 Å². The molecule has 0 aliphatic carbocycles. The van der Waals surface area contributed by atoms with Crippen LogP contribution in [0.15, 0.2) is 0 Å².